The van der Waals surface area contributed by atoms with Gasteiger partial charge in [-0.25, -0.2) is 8.78 Å². The molecule has 2 unspecified atom stereocenters. The van der Waals surface area contributed by atoms with Crippen molar-refractivity contribution in [2.24, 2.45) is 29.6 Å². The Hall–Kier alpha value is -1.43. The fourth-order valence-corrected chi connectivity index (χ4v) is 9.07. The molecule has 1 heterocycles. The number of benzene rings is 1. The summed E-state index contributed by atoms with van der Waals surface area (Å²) in [4.78, 5) is 0. The van der Waals surface area contributed by atoms with Crippen LogP contribution in [0.5, 0.6) is 0 Å². The molecule has 3 saturated carbocycles. The van der Waals surface area contributed by atoms with Crippen molar-refractivity contribution in [1.82, 2.24) is 0 Å². The van der Waals surface area contributed by atoms with Gasteiger partial charge in [-0.2, -0.15) is 13.2 Å². The van der Waals surface area contributed by atoms with Gasteiger partial charge in [0.25, 0.3) is 0 Å². The maximum absolute atomic E-state index is 15.3. The van der Waals surface area contributed by atoms with Crippen molar-refractivity contribution in [3.8, 4) is 0 Å². The largest absolute Gasteiger partial charge is 0.412 e. The highest BCUT2D eigenvalue weighted by Gasteiger charge is 2.36. The number of rotatable bonds is 9. The van der Waals surface area contributed by atoms with E-state index in [2.05, 4.69) is 13.0 Å². The third-order valence-electron chi connectivity index (χ3n) is 11.8. The zero-order valence-electron chi connectivity index (χ0n) is 26.2. The molecular formula is C37H53F5O. The molecule has 0 amide bonds. The Morgan fingerprint density at radius 1 is 0.791 bits per heavy atom. The van der Waals surface area contributed by atoms with Crippen molar-refractivity contribution in [1.29, 1.82) is 0 Å². The molecule has 0 N–H and O–H groups in total. The second-order valence-corrected chi connectivity index (χ2v) is 14.5. The zero-order chi connectivity index (χ0) is 30.4. The molecule has 1 aromatic carbocycles. The van der Waals surface area contributed by atoms with Gasteiger partial charge >= 0.3 is 6.18 Å². The van der Waals surface area contributed by atoms with Crippen LogP contribution >= 0.6 is 0 Å². The molecule has 3 aliphatic carbocycles. The molecule has 1 aliphatic heterocycles. The lowest BCUT2D eigenvalue weighted by atomic mass is 9.71. The van der Waals surface area contributed by atoms with Crippen molar-refractivity contribution in [3.05, 3.63) is 47.0 Å². The lowest BCUT2D eigenvalue weighted by Crippen LogP contribution is -2.37. The number of alkyl halides is 3. The third-order valence-corrected chi connectivity index (χ3v) is 11.8. The SMILES string of the molecule is CCCCCC1CCC(C2CCC(C3CCC(c4ccc(C5CCC(C(F)=CC(F)(F)F)CC5)c(F)c4)CC3)OC2)CC1. The molecule has 6 heteroatoms. The number of halogens is 5. The van der Waals surface area contributed by atoms with Gasteiger partial charge in [-0.05, 0) is 130 Å². The van der Waals surface area contributed by atoms with Gasteiger partial charge in [0.1, 0.15) is 11.6 Å². The average molecular weight is 609 g/mol. The Labute approximate surface area is 256 Å². The number of allylic oxidation sites excluding steroid dienone is 2. The van der Waals surface area contributed by atoms with Gasteiger partial charge in [0.05, 0.1) is 18.8 Å². The summed E-state index contributed by atoms with van der Waals surface area (Å²) in [5.74, 6) is 1.46. The van der Waals surface area contributed by atoms with Gasteiger partial charge in [-0.1, -0.05) is 57.6 Å². The summed E-state index contributed by atoms with van der Waals surface area (Å²) >= 11 is 0. The van der Waals surface area contributed by atoms with E-state index in [-0.39, 0.29) is 17.8 Å². The van der Waals surface area contributed by atoms with Crippen LogP contribution in [-0.4, -0.2) is 18.9 Å². The second-order valence-electron chi connectivity index (χ2n) is 14.5. The smallest absolute Gasteiger partial charge is 0.378 e. The quantitative estimate of drug-likeness (QED) is 0.200. The van der Waals surface area contributed by atoms with Crippen molar-refractivity contribution < 1.29 is 26.7 Å². The van der Waals surface area contributed by atoms with Crippen molar-refractivity contribution in [2.75, 3.05) is 6.61 Å². The van der Waals surface area contributed by atoms with Crippen LogP contribution < -0.4 is 0 Å². The maximum atomic E-state index is 15.3. The maximum Gasteiger partial charge on any atom is 0.412 e. The molecule has 1 aromatic rings. The van der Waals surface area contributed by atoms with Crippen LogP contribution in [0, 0.1) is 35.4 Å². The molecule has 0 aromatic heterocycles. The van der Waals surface area contributed by atoms with E-state index in [1.807, 2.05) is 6.07 Å². The van der Waals surface area contributed by atoms with E-state index in [1.165, 1.54) is 64.2 Å². The Kier molecular flexibility index (Phi) is 11.7. The van der Waals surface area contributed by atoms with Crippen molar-refractivity contribution in [2.45, 2.75) is 147 Å². The van der Waals surface area contributed by atoms with Crippen LogP contribution in [0.2, 0.25) is 0 Å². The highest BCUT2D eigenvalue weighted by Crippen LogP contribution is 2.45. The Morgan fingerprint density at radius 3 is 2.05 bits per heavy atom. The van der Waals surface area contributed by atoms with E-state index in [4.69, 9.17) is 4.74 Å². The summed E-state index contributed by atoms with van der Waals surface area (Å²) < 4.78 is 73.3. The van der Waals surface area contributed by atoms with Gasteiger partial charge in [0.15, 0.2) is 0 Å². The van der Waals surface area contributed by atoms with E-state index in [1.54, 1.807) is 6.07 Å². The first-order valence-electron chi connectivity index (χ1n) is 17.6. The summed E-state index contributed by atoms with van der Waals surface area (Å²) in [5.41, 5.74) is 1.69. The first-order valence-corrected chi connectivity index (χ1v) is 17.6. The number of hydrogen-bond donors (Lipinski definition) is 0. The molecule has 4 fully saturated rings. The first-order chi connectivity index (χ1) is 20.7. The minimum Gasteiger partial charge on any atom is -0.378 e. The van der Waals surface area contributed by atoms with E-state index >= 15 is 4.39 Å². The van der Waals surface area contributed by atoms with Gasteiger partial charge in [0, 0.05) is 5.92 Å². The topological polar surface area (TPSA) is 9.23 Å². The second kappa shape index (κ2) is 15.2. The van der Waals surface area contributed by atoms with E-state index in [0.29, 0.717) is 49.2 Å². The van der Waals surface area contributed by atoms with Gasteiger partial charge in [-0.15, -0.1) is 0 Å². The minimum absolute atomic E-state index is 0.0622. The molecule has 1 saturated heterocycles. The fraction of sp³-hybridized carbons (Fsp3) is 0.784. The zero-order valence-corrected chi connectivity index (χ0v) is 26.2. The van der Waals surface area contributed by atoms with Gasteiger partial charge in [0.2, 0.25) is 0 Å². The third kappa shape index (κ3) is 9.07. The highest BCUT2D eigenvalue weighted by molar-refractivity contribution is 5.30. The van der Waals surface area contributed by atoms with Crippen LogP contribution in [0.3, 0.4) is 0 Å². The van der Waals surface area contributed by atoms with Crippen molar-refractivity contribution in [3.63, 3.8) is 0 Å². The monoisotopic (exact) mass is 608 g/mol. The molecule has 4 aliphatic rings. The molecule has 5 rings (SSSR count). The van der Waals surface area contributed by atoms with Gasteiger partial charge < -0.3 is 4.74 Å². The summed E-state index contributed by atoms with van der Waals surface area (Å²) in [7, 11) is 0. The van der Waals surface area contributed by atoms with E-state index in [0.717, 1.165) is 55.6 Å². The average Bonchev–Trinajstić information content (AvgIpc) is 3.01. The Balaban J connectivity index is 1.03. The molecule has 242 valence electrons. The molecule has 0 spiro atoms. The van der Waals surface area contributed by atoms with E-state index in [9.17, 15) is 17.6 Å². The number of hydrogen-bond acceptors (Lipinski definition) is 1. The van der Waals surface area contributed by atoms with Crippen LogP contribution in [0.15, 0.2) is 30.1 Å². The predicted molar refractivity (Wildman–Crippen MR) is 163 cm³/mol. The molecule has 1 nitrogen and oxygen atoms in total. The molecule has 0 bridgehead atoms. The van der Waals surface area contributed by atoms with Crippen LogP contribution in [0.1, 0.15) is 145 Å². The lowest BCUT2D eigenvalue weighted by molar-refractivity contribution is -0.0820. The summed E-state index contributed by atoms with van der Waals surface area (Å²) in [5, 5.41) is 0. The van der Waals surface area contributed by atoms with Gasteiger partial charge in [-0.3, -0.25) is 0 Å². The molecule has 0 radical (unpaired) electrons. The fourth-order valence-electron chi connectivity index (χ4n) is 9.07. The minimum atomic E-state index is -4.64. The standard InChI is InChI=1S/C37H53F5O/c1-2-3-4-5-25-6-8-27(9-7-25)32-19-21-36(43-24-32)30-16-10-26(11-17-30)31-18-20-33(34(38)22-31)28-12-14-29(15-13-28)35(39)23-37(40,41)42/h18,20,22-23,25-30,32,36H,2-17,19,21,24H2,1H3. The lowest BCUT2D eigenvalue weighted by Gasteiger charge is -2.41. The van der Waals surface area contributed by atoms with Crippen LogP contribution in [-0.2, 0) is 4.74 Å². The van der Waals surface area contributed by atoms with Crippen LogP contribution in [0.25, 0.3) is 0 Å². The predicted octanol–water partition coefficient (Wildman–Crippen LogP) is 12.0. The summed E-state index contributed by atoms with van der Waals surface area (Å²) in [6.07, 6.45) is 15.2. The van der Waals surface area contributed by atoms with Crippen molar-refractivity contribution >= 4 is 0 Å². The normalized spacial score (nSPS) is 34.7. The van der Waals surface area contributed by atoms with Crippen LogP contribution in [0.4, 0.5) is 22.0 Å². The molecule has 2 atom stereocenters. The molecule has 43 heavy (non-hydrogen) atoms. The highest BCUT2D eigenvalue weighted by atomic mass is 19.4. The number of unbranched alkanes of at least 4 members (excludes halogenated alkanes) is 2. The Morgan fingerprint density at radius 2 is 1.44 bits per heavy atom. The summed E-state index contributed by atoms with van der Waals surface area (Å²) in [6.45, 7) is 3.23. The first kappa shape index (κ1) is 32.9. The van der Waals surface area contributed by atoms with E-state index < -0.39 is 17.9 Å². The number of ether oxygens (including phenoxy) is 1. The molecular weight excluding hydrogens is 555 g/mol. The summed E-state index contributed by atoms with van der Waals surface area (Å²) in [6, 6.07) is 5.63. The Bertz CT molecular complexity index is 1020.